The highest BCUT2D eigenvalue weighted by Crippen LogP contribution is 2.33. The van der Waals surface area contributed by atoms with E-state index in [9.17, 15) is 42.7 Å². The molecule has 4 saturated heterocycles. The number of hydrogen-bond donors (Lipinski definition) is 4. The van der Waals surface area contributed by atoms with Gasteiger partial charge in [-0.05, 0) is 123 Å². The molecule has 2 aromatic heterocycles. The molecule has 0 spiro atoms. The van der Waals surface area contributed by atoms with Crippen molar-refractivity contribution in [3.63, 3.8) is 0 Å². The SMILES string of the molecule is Cc1cc(CC(OC(=O)N2CCC(N3Cc4cccc(F)c4NC3=O)CC2)C(=O)N2CCN(C3CCCCC3)CC2)cc2oc(=O)[nH]c12.Cc1cc(CC(OC(=O)N2CCC(N3Cc4ccccc4NC3=O)CC2)C(=O)N2CCN(C3CCCCC3)CC2)cc2oc(=O)[nH]c12. The third kappa shape index (κ3) is 14.7. The topological polar surface area (TPSA) is 263 Å². The predicted octanol–water partition coefficient (Wildman–Crippen LogP) is 9.07. The van der Waals surface area contributed by atoms with Crippen LogP contribution in [0.5, 0.6) is 0 Å². The van der Waals surface area contributed by atoms with Gasteiger partial charge in [-0.2, -0.15) is 0 Å². The molecule has 2 atom stereocenters. The molecular weight excluding hydrogens is 1220 g/mol. The summed E-state index contributed by atoms with van der Waals surface area (Å²) in [6.07, 6.45) is 11.9. The number of amides is 8. The molecule has 6 aromatic rings. The number of para-hydroxylation sites is 2. The number of carbonyl (C=O) groups excluding carboxylic acids is 6. The highest BCUT2D eigenvalue weighted by atomic mass is 19.1. The first-order valence-electron chi connectivity index (χ1n) is 34.3. The van der Waals surface area contributed by atoms with Crippen molar-refractivity contribution in [1.82, 2.24) is 49.2 Å². The second-order valence-electron chi connectivity index (χ2n) is 27.0. The summed E-state index contributed by atoms with van der Waals surface area (Å²) in [5.41, 5.74) is 7.95. The Kier molecular flexibility index (Phi) is 19.6. The number of likely N-dealkylation sites (tertiary alicyclic amines) is 2. The molecule has 25 heteroatoms. The second kappa shape index (κ2) is 28.7. The average molecular weight is 1310 g/mol. The first kappa shape index (κ1) is 65.0. The van der Waals surface area contributed by atoms with Gasteiger partial charge in [-0.3, -0.25) is 29.4 Å². The molecular formula is C70H87FN12O12. The van der Waals surface area contributed by atoms with Gasteiger partial charge < -0.3 is 58.3 Å². The molecule has 2 aliphatic carbocycles. The Bertz CT molecular complexity index is 3920. The number of piperidine rings is 2. The average Bonchev–Trinajstić information content (AvgIpc) is 0.989. The lowest BCUT2D eigenvalue weighted by Crippen LogP contribution is -2.55. The zero-order valence-electron chi connectivity index (χ0n) is 54.4. The van der Waals surface area contributed by atoms with Gasteiger partial charge in [-0.1, -0.05) is 81.0 Å². The lowest BCUT2D eigenvalue weighted by atomic mass is 9.94. The van der Waals surface area contributed by atoms with E-state index >= 15 is 0 Å². The minimum Gasteiger partial charge on any atom is -0.436 e. The van der Waals surface area contributed by atoms with Crippen molar-refractivity contribution in [2.75, 3.05) is 89.2 Å². The van der Waals surface area contributed by atoms with E-state index in [0.717, 1.165) is 59.7 Å². The first-order valence-corrected chi connectivity index (χ1v) is 34.3. The van der Waals surface area contributed by atoms with Gasteiger partial charge >= 0.3 is 35.8 Å². The van der Waals surface area contributed by atoms with Gasteiger partial charge in [0.1, 0.15) is 5.82 Å². The van der Waals surface area contributed by atoms with E-state index in [2.05, 4.69) is 30.4 Å². The predicted molar refractivity (Wildman–Crippen MR) is 352 cm³/mol. The van der Waals surface area contributed by atoms with Gasteiger partial charge in [-0.15, -0.1) is 0 Å². The normalized spacial score (nSPS) is 20.5. The molecule has 0 radical (unpaired) electrons. The lowest BCUT2D eigenvalue weighted by molar-refractivity contribution is -0.143. The molecule has 24 nitrogen and oxygen atoms in total. The molecule has 14 rings (SSSR count). The minimum absolute atomic E-state index is 0.00370. The number of H-pyrrole nitrogens is 2. The van der Waals surface area contributed by atoms with Crippen molar-refractivity contribution in [2.24, 2.45) is 0 Å². The number of rotatable bonds is 12. The summed E-state index contributed by atoms with van der Waals surface area (Å²) in [7, 11) is 0. The smallest absolute Gasteiger partial charge is 0.417 e. The summed E-state index contributed by atoms with van der Waals surface area (Å²) in [5, 5.41) is 5.66. The van der Waals surface area contributed by atoms with E-state index in [1.54, 1.807) is 43.9 Å². The maximum absolute atomic E-state index is 14.2. The number of carbonyl (C=O) groups is 6. The first-order chi connectivity index (χ1) is 46.0. The summed E-state index contributed by atoms with van der Waals surface area (Å²) < 4.78 is 36.9. The fraction of sp³-hybridized carbons (Fsp3) is 0.543. The van der Waals surface area contributed by atoms with Crippen LogP contribution in [0.25, 0.3) is 22.2 Å². The van der Waals surface area contributed by atoms with Crippen molar-refractivity contribution in [2.45, 2.75) is 166 Å². The molecule has 0 bridgehead atoms. The maximum Gasteiger partial charge on any atom is 0.417 e. The number of aromatic nitrogens is 2. The van der Waals surface area contributed by atoms with Gasteiger partial charge in [0.15, 0.2) is 23.4 Å². The Morgan fingerprint density at radius 1 is 0.495 bits per heavy atom. The summed E-state index contributed by atoms with van der Waals surface area (Å²) in [5.74, 6) is -1.98. The van der Waals surface area contributed by atoms with E-state index in [-0.39, 0.29) is 54.5 Å². The third-order valence-corrected chi connectivity index (χ3v) is 21.0. The van der Waals surface area contributed by atoms with Crippen LogP contribution in [0, 0.1) is 19.7 Å². The number of benzene rings is 4. The van der Waals surface area contributed by atoms with Gasteiger partial charge in [0, 0.05) is 134 Å². The van der Waals surface area contributed by atoms with Crippen molar-refractivity contribution in [3.05, 3.63) is 127 Å². The largest absolute Gasteiger partial charge is 0.436 e. The van der Waals surface area contributed by atoms with Gasteiger partial charge in [0.2, 0.25) is 0 Å². The number of oxazole rings is 2. The van der Waals surface area contributed by atoms with E-state index in [1.807, 2.05) is 60.0 Å². The zero-order chi connectivity index (χ0) is 65.9. The van der Waals surface area contributed by atoms with Crippen molar-refractivity contribution < 1.29 is 51.5 Å². The number of anilines is 2. The second-order valence-corrected chi connectivity index (χ2v) is 27.0. The molecule has 6 fully saturated rings. The number of nitrogens with zero attached hydrogens (tertiary/aromatic N) is 8. The number of aromatic amines is 2. The van der Waals surface area contributed by atoms with Crippen LogP contribution in [-0.4, -0.2) is 200 Å². The van der Waals surface area contributed by atoms with Crippen molar-refractivity contribution in [3.8, 4) is 0 Å². The van der Waals surface area contributed by atoms with Gasteiger partial charge in [-0.25, -0.2) is 33.2 Å². The quantitative estimate of drug-likeness (QED) is 0.0891. The Morgan fingerprint density at radius 3 is 1.40 bits per heavy atom. The minimum atomic E-state index is -1.06. The number of urea groups is 2. The van der Waals surface area contributed by atoms with E-state index in [4.69, 9.17) is 18.3 Å². The molecule has 2 unspecified atom stereocenters. The Hall–Kier alpha value is -8.71. The van der Waals surface area contributed by atoms with Crippen LogP contribution in [0.2, 0.25) is 0 Å². The fourth-order valence-corrected chi connectivity index (χ4v) is 15.7. The molecule has 4 N–H and O–H groups in total. The highest BCUT2D eigenvalue weighted by molar-refractivity contribution is 5.93. The van der Waals surface area contributed by atoms with Gasteiger partial charge in [0.05, 0.1) is 16.7 Å². The van der Waals surface area contributed by atoms with Crippen LogP contribution in [-0.2, 0) is 45.0 Å². The molecule has 4 aromatic carbocycles. The Labute approximate surface area is 550 Å². The summed E-state index contributed by atoms with van der Waals surface area (Å²) in [4.78, 5) is 126. The van der Waals surface area contributed by atoms with Crippen molar-refractivity contribution in [1.29, 1.82) is 0 Å². The van der Waals surface area contributed by atoms with Crippen LogP contribution in [0.3, 0.4) is 0 Å². The number of fused-ring (bicyclic) bond motifs is 4. The van der Waals surface area contributed by atoms with E-state index < -0.39 is 41.7 Å². The molecule has 6 aliphatic heterocycles. The summed E-state index contributed by atoms with van der Waals surface area (Å²) in [6, 6.07) is 20.3. The molecule has 8 amide bonds. The summed E-state index contributed by atoms with van der Waals surface area (Å²) >= 11 is 0. The molecule has 8 aliphatic rings. The third-order valence-electron chi connectivity index (χ3n) is 21.0. The zero-order valence-corrected chi connectivity index (χ0v) is 54.4. The van der Waals surface area contributed by atoms with E-state index in [1.165, 1.54) is 70.3 Å². The monoisotopic (exact) mass is 1310 g/mol. The van der Waals surface area contributed by atoms with Crippen LogP contribution >= 0.6 is 0 Å². The van der Waals surface area contributed by atoms with Crippen LogP contribution in [0.4, 0.5) is 34.9 Å². The fourth-order valence-electron chi connectivity index (χ4n) is 15.7. The standard InChI is InChI=1S/C35H43FN6O6.C35H44N6O6/c1-22-18-23(19-28-30(22)38-34(45)47-28)20-29(32(43)40-16-14-39(15-17-40)25-7-3-2-4-8-25)48-35(46)41-12-10-26(11-13-41)42-21-24-6-5-9-27(36)31(24)37-33(42)44;1-23-19-24(20-29-31(23)37-34(44)46-29)21-30(32(42)39-17-15-38(16-18-39)26-8-3-2-4-9-26)47-35(45)40-13-11-27(12-14-40)41-22-25-7-5-6-10-28(25)36-33(41)43/h5-6,9,18-19,25-26,29H,2-4,7-8,10-17,20-21H2,1H3,(H,37,44)(H,38,45);5-7,10,19-20,26-27,30H,2-4,8-9,11-18,21-22H2,1H3,(H,36,43)(H,37,44). The lowest BCUT2D eigenvalue weighted by Gasteiger charge is -2.42. The highest BCUT2D eigenvalue weighted by Gasteiger charge is 2.40. The number of piperazine rings is 2. The number of halogens is 1. The van der Waals surface area contributed by atoms with Crippen LogP contribution in [0.1, 0.15) is 123 Å². The number of nitrogens with one attached hydrogen (secondary N) is 4. The number of aryl methyl sites for hydroxylation is 2. The molecule has 95 heavy (non-hydrogen) atoms. The van der Waals surface area contributed by atoms with Crippen molar-refractivity contribution >= 4 is 69.6 Å². The summed E-state index contributed by atoms with van der Waals surface area (Å²) in [6.45, 7) is 11.7. The van der Waals surface area contributed by atoms with Crippen LogP contribution in [0.15, 0.2) is 85.2 Å². The number of ether oxygens (including phenoxy) is 2. The van der Waals surface area contributed by atoms with Crippen LogP contribution < -0.4 is 22.1 Å². The van der Waals surface area contributed by atoms with E-state index in [0.29, 0.717) is 131 Å². The molecule has 8 heterocycles. The Balaban J connectivity index is 0.000000172. The maximum atomic E-state index is 14.2. The van der Waals surface area contributed by atoms with Gasteiger partial charge in [0.25, 0.3) is 11.8 Å². The molecule has 2 saturated carbocycles. The molecule has 506 valence electrons. The Morgan fingerprint density at radius 2 is 0.926 bits per heavy atom. The number of hydrogen-bond acceptors (Lipinski definition) is 14.